The Hall–Kier alpha value is -2.90. The molecule has 8 nitrogen and oxygen atoms in total. The minimum atomic E-state index is -0.821. The van der Waals surface area contributed by atoms with Crippen molar-refractivity contribution >= 4 is 29.4 Å². The number of anilines is 1. The van der Waals surface area contributed by atoms with Crippen molar-refractivity contribution in [2.45, 2.75) is 18.9 Å². The van der Waals surface area contributed by atoms with Gasteiger partial charge in [0.15, 0.2) is 0 Å². The lowest BCUT2D eigenvalue weighted by Gasteiger charge is -2.14. The maximum atomic E-state index is 12.1. The predicted octanol–water partition coefficient (Wildman–Crippen LogP) is -0.193. The van der Waals surface area contributed by atoms with Crippen LogP contribution in [-0.4, -0.2) is 43.4 Å². The largest absolute Gasteiger partial charge is 0.468 e. The van der Waals surface area contributed by atoms with E-state index in [4.69, 9.17) is 0 Å². The van der Waals surface area contributed by atoms with E-state index in [2.05, 4.69) is 20.7 Å². The second-order valence-electron chi connectivity index (χ2n) is 4.95. The van der Waals surface area contributed by atoms with E-state index in [1.807, 2.05) is 0 Å². The van der Waals surface area contributed by atoms with Crippen molar-refractivity contribution < 1.29 is 23.9 Å². The summed E-state index contributed by atoms with van der Waals surface area (Å²) in [6.07, 6.45) is 0.115. The van der Waals surface area contributed by atoms with Crippen LogP contribution in [0.4, 0.5) is 5.69 Å². The van der Waals surface area contributed by atoms with Crippen LogP contribution >= 0.6 is 0 Å². The zero-order chi connectivity index (χ0) is 16.8. The number of amides is 3. The molecule has 3 N–H and O–H groups in total. The smallest absolute Gasteiger partial charge is 0.325 e. The summed E-state index contributed by atoms with van der Waals surface area (Å²) in [5, 5.41) is 7.63. The molecule has 0 saturated carbocycles. The summed E-state index contributed by atoms with van der Waals surface area (Å²) >= 11 is 0. The molecule has 1 aromatic rings. The van der Waals surface area contributed by atoms with Gasteiger partial charge in [-0.3, -0.25) is 19.2 Å². The lowest BCUT2D eigenvalue weighted by molar-refractivity contribution is -0.141. The second kappa shape index (κ2) is 7.39. The number of methoxy groups -OCH3 is 1. The van der Waals surface area contributed by atoms with E-state index in [-0.39, 0.29) is 31.2 Å². The number of esters is 1. The number of para-hydroxylation sites is 1. The Morgan fingerprint density at radius 3 is 2.74 bits per heavy atom. The van der Waals surface area contributed by atoms with Gasteiger partial charge in [0.25, 0.3) is 5.91 Å². The molecule has 0 bridgehead atoms. The molecule has 8 heteroatoms. The molecule has 1 atom stereocenters. The monoisotopic (exact) mass is 319 g/mol. The summed E-state index contributed by atoms with van der Waals surface area (Å²) in [4.78, 5) is 46.8. The van der Waals surface area contributed by atoms with E-state index in [0.29, 0.717) is 11.3 Å². The van der Waals surface area contributed by atoms with Crippen molar-refractivity contribution in [2.75, 3.05) is 19.0 Å². The third-order valence-electron chi connectivity index (χ3n) is 3.37. The highest BCUT2D eigenvalue weighted by molar-refractivity contribution is 6.09. The van der Waals surface area contributed by atoms with Crippen LogP contribution in [0.15, 0.2) is 24.3 Å². The van der Waals surface area contributed by atoms with Gasteiger partial charge in [0.05, 0.1) is 18.4 Å². The lowest BCUT2D eigenvalue weighted by Crippen LogP contribution is -2.42. The van der Waals surface area contributed by atoms with Gasteiger partial charge in [-0.15, -0.1) is 0 Å². The lowest BCUT2D eigenvalue weighted by atomic mass is 10.1. The van der Waals surface area contributed by atoms with Crippen molar-refractivity contribution in [3.8, 4) is 0 Å². The molecular formula is C15H17N3O5. The number of ether oxygens (including phenoxy) is 1. The van der Waals surface area contributed by atoms with E-state index in [9.17, 15) is 19.2 Å². The van der Waals surface area contributed by atoms with Crippen LogP contribution in [0.25, 0.3) is 0 Å². The molecule has 0 spiro atoms. The standard InChI is InChI=1S/C15H17N3O5/c1-23-13(20)8-16-12(19)7-6-11-15(22)17-10-5-3-2-4-9(10)14(21)18-11/h2-5,11H,6-8H2,1H3,(H,16,19)(H,17,22)(H,18,21)/t11-/m0/s1. The average molecular weight is 319 g/mol. The van der Waals surface area contributed by atoms with Crippen molar-refractivity contribution in [3.05, 3.63) is 29.8 Å². The zero-order valence-corrected chi connectivity index (χ0v) is 12.5. The summed E-state index contributed by atoms with van der Waals surface area (Å²) in [6.45, 7) is -0.232. The summed E-state index contributed by atoms with van der Waals surface area (Å²) in [6, 6.07) is 5.84. The molecule has 1 aliphatic rings. The summed E-state index contributed by atoms with van der Waals surface area (Å²) < 4.78 is 4.40. The van der Waals surface area contributed by atoms with E-state index in [1.54, 1.807) is 24.3 Å². The summed E-state index contributed by atoms with van der Waals surface area (Å²) in [5.74, 6) is -1.73. The Morgan fingerprint density at radius 2 is 2.00 bits per heavy atom. The highest BCUT2D eigenvalue weighted by Gasteiger charge is 2.27. The first-order chi connectivity index (χ1) is 11.0. The molecule has 1 aromatic carbocycles. The molecule has 3 amide bonds. The number of benzene rings is 1. The van der Waals surface area contributed by atoms with Crippen LogP contribution < -0.4 is 16.0 Å². The van der Waals surface area contributed by atoms with Gasteiger partial charge in [-0.05, 0) is 18.6 Å². The van der Waals surface area contributed by atoms with Crippen molar-refractivity contribution in [2.24, 2.45) is 0 Å². The third kappa shape index (κ3) is 4.29. The Labute approximate surface area is 132 Å². The Balaban J connectivity index is 1.92. The zero-order valence-electron chi connectivity index (χ0n) is 12.5. The van der Waals surface area contributed by atoms with Gasteiger partial charge in [-0.1, -0.05) is 12.1 Å². The van der Waals surface area contributed by atoms with Crippen LogP contribution in [0.5, 0.6) is 0 Å². The number of carbonyl (C=O) groups excluding carboxylic acids is 4. The van der Waals surface area contributed by atoms with E-state index in [1.165, 1.54) is 7.11 Å². The number of nitrogens with one attached hydrogen (secondary N) is 3. The fraction of sp³-hybridized carbons (Fsp3) is 0.333. The normalized spacial score (nSPS) is 16.5. The highest BCUT2D eigenvalue weighted by Crippen LogP contribution is 2.19. The van der Waals surface area contributed by atoms with E-state index in [0.717, 1.165) is 0 Å². The predicted molar refractivity (Wildman–Crippen MR) is 80.6 cm³/mol. The number of carbonyl (C=O) groups is 4. The molecule has 2 rings (SSSR count). The van der Waals surface area contributed by atoms with E-state index >= 15 is 0 Å². The van der Waals surface area contributed by atoms with Crippen molar-refractivity contribution in [1.29, 1.82) is 0 Å². The number of fused-ring (bicyclic) bond motifs is 1. The third-order valence-corrected chi connectivity index (χ3v) is 3.37. The molecule has 23 heavy (non-hydrogen) atoms. The average Bonchev–Trinajstić information content (AvgIpc) is 2.67. The molecule has 1 heterocycles. The minimum Gasteiger partial charge on any atom is -0.468 e. The fourth-order valence-electron chi connectivity index (χ4n) is 2.12. The van der Waals surface area contributed by atoms with E-state index < -0.39 is 17.9 Å². The quantitative estimate of drug-likeness (QED) is 0.651. The van der Waals surface area contributed by atoms with Crippen LogP contribution in [0, 0.1) is 0 Å². The van der Waals surface area contributed by atoms with Gasteiger partial charge in [-0.25, -0.2) is 0 Å². The van der Waals surface area contributed by atoms with Crippen molar-refractivity contribution in [1.82, 2.24) is 10.6 Å². The van der Waals surface area contributed by atoms with Gasteiger partial charge in [0.2, 0.25) is 11.8 Å². The molecule has 0 aromatic heterocycles. The van der Waals surface area contributed by atoms with Crippen LogP contribution in [0.2, 0.25) is 0 Å². The first-order valence-corrected chi connectivity index (χ1v) is 7.05. The second-order valence-corrected chi connectivity index (χ2v) is 4.95. The minimum absolute atomic E-state index is 0.00823. The van der Waals surface area contributed by atoms with Crippen LogP contribution in [0.3, 0.4) is 0 Å². The maximum Gasteiger partial charge on any atom is 0.325 e. The Morgan fingerprint density at radius 1 is 1.26 bits per heavy atom. The maximum absolute atomic E-state index is 12.1. The Bertz CT molecular complexity index is 644. The topological polar surface area (TPSA) is 114 Å². The first-order valence-electron chi connectivity index (χ1n) is 7.05. The van der Waals surface area contributed by atoms with Gasteiger partial charge in [-0.2, -0.15) is 0 Å². The molecule has 0 radical (unpaired) electrons. The molecule has 1 aliphatic heterocycles. The highest BCUT2D eigenvalue weighted by atomic mass is 16.5. The fourth-order valence-corrected chi connectivity index (χ4v) is 2.12. The molecular weight excluding hydrogens is 302 g/mol. The van der Waals surface area contributed by atoms with Crippen LogP contribution in [0.1, 0.15) is 23.2 Å². The molecule has 0 aliphatic carbocycles. The summed E-state index contributed by atoms with van der Waals surface area (Å²) in [5.41, 5.74) is 0.811. The molecule has 0 fully saturated rings. The first kappa shape index (κ1) is 16.5. The molecule has 0 unspecified atom stereocenters. The number of hydrogen-bond acceptors (Lipinski definition) is 5. The Kier molecular flexibility index (Phi) is 5.29. The van der Waals surface area contributed by atoms with Gasteiger partial charge in [0.1, 0.15) is 12.6 Å². The van der Waals surface area contributed by atoms with Gasteiger partial charge >= 0.3 is 5.97 Å². The molecule has 122 valence electrons. The molecule has 0 saturated heterocycles. The SMILES string of the molecule is COC(=O)CNC(=O)CC[C@@H]1NC(=O)c2ccccc2NC1=O. The number of rotatable bonds is 5. The summed E-state index contributed by atoms with van der Waals surface area (Å²) in [7, 11) is 1.22. The number of hydrogen-bond donors (Lipinski definition) is 3. The van der Waals surface area contributed by atoms with Gasteiger partial charge in [0, 0.05) is 6.42 Å². The van der Waals surface area contributed by atoms with Crippen molar-refractivity contribution in [3.63, 3.8) is 0 Å². The van der Waals surface area contributed by atoms with Gasteiger partial charge < -0.3 is 20.7 Å². The van der Waals surface area contributed by atoms with Crippen LogP contribution in [-0.2, 0) is 19.1 Å².